The Kier molecular flexibility index (Phi) is 4.21. The molecule has 3 aromatic rings. The van der Waals surface area contributed by atoms with Crippen molar-refractivity contribution in [3.8, 4) is 11.1 Å². The van der Waals surface area contributed by atoms with Crippen LogP contribution in [-0.2, 0) is 4.79 Å². The van der Waals surface area contributed by atoms with E-state index in [1.54, 1.807) is 39.3 Å². The number of furan rings is 1. The van der Waals surface area contributed by atoms with Gasteiger partial charge in [-0.1, -0.05) is 6.07 Å². The quantitative estimate of drug-likeness (QED) is 0.708. The normalized spacial score (nSPS) is 18.7. The van der Waals surface area contributed by atoms with Crippen molar-refractivity contribution in [3.05, 3.63) is 64.7 Å². The minimum Gasteiger partial charge on any atom is -0.459 e. The SMILES string of the molecule is O=C1Nc2ccc(-c3ccsc3)cc2C(=O)N2CCN(C(=O)c3ccco3)CC12. The molecule has 1 fully saturated rings. The third-order valence-electron chi connectivity index (χ3n) is 5.33. The molecule has 2 aliphatic rings. The van der Waals surface area contributed by atoms with Gasteiger partial charge in [-0.2, -0.15) is 11.3 Å². The number of fused-ring (bicyclic) bond motifs is 2. The molecule has 8 heteroatoms. The van der Waals surface area contributed by atoms with Crippen molar-refractivity contribution in [2.45, 2.75) is 6.04 Å². The zero-order valence-electron chi connectivity index (χ0n) is 15.3. The Labute approximate surface area is 170 Å². The fourth-order valence-corrected chi connectivity index (χ4v) is 4.47. The van der Waals surface area contributed by atoms with E-state index in [4.69, 9.17) is 4.42 Å². The van der Waals surface area contributed by atoms with E-state index < -0.39 is 6.04 Å². The lowest BCUT2D eigenvalue weighted by molar-refractivity contribution is -0.121. The van der Waals surface area contributed by atoms with Crippen LogP contribution >= 0.6 is 11.3 Å². The molecule has 0 radical (unpaired) electrons. The van der Waals surface area contributed by atoms with Crippen molar-refractivity contribution in [3.63, 3.8) is 0 Å². The molecule has 7 nitrogen and oxygen atoms in total. The molecule has 4 heterocycles. The Bertz CT molecular complexity index is 1090. The number of benzene rings is 1. The molecule has 2 aromatic heterocycles. The molecule has 1 N–H and O–H groups in total. The second-order valence-corrected chi connectivity index (χ2v) is 7.78. The maximum absolute atomic E-state index is 13.3. The van der Waals surface area contributed by atoms with Gasteiger partial charge >= 0.3 is 0 Å². The number of rotatable bonds is 2. The molecule has 0 spiro atoms. The van der Waals surface area contributed by atoms with Crippen LogP contribution in [0.2, 0.25) is 0 Å². The number of thiophene rings is 1. The lowest BCUT2D eigenvalue weighted by atomic mass is 10.0. The first-order valence-electron chi connectivity index (χ1n) is 9.23. The highest BCUT2D eigenvalue weighted by molar-refractivity contribution is 7.08. The van der Waals surface area contributed by atoms with Gasteiger partial charge in [-0.3, -0.25) is 14.4 Å². The summed E-state index contributed by atoms with van der Waals surface area (Å²) in [6.45, 7) is 0.753. The first kappa shape index (κ1) is 17.7. The Morgan fingerprint density at radius 3 is 2.79 bits per heavy atom. The third kappa shape index (κ3) is 3.01. The fourth-order valence-electron chi connectivity index (χ4n) is 3.80. The first-order chi connectivity index (χ1) is 14.1. The molecule has 1 unspecified atom stereocenters. The molecule has 1 atom stereocenters. The molecular weight excluding hydrogens is 390 g/mol. The van der Waals surface area contributed by atoms with E-state index in [0.29, 0.717) is 17.8 Å². The summed E-state index contributed by atoms with van der Waals surface area (Å²) < 4.78 is 5.18. The first-order valence-corrected chi connectivity index (χ1v) is 10.2. The van der Waals surface area contributed by atoms with Crippen LogP contribution < -0.4 is 5.32 Å². The van der Waals surface area contributed by atoms with Crippen LogP contribution in [0.25, 0.3) is 11.1 Å². The van der Waals surface area contributed by atoms with Crippen molar-refractivity contribution < 1.29 is 18.8 Å². The van der Waals surface area contributed by atoms with Crippen molar-refractivity contribution >= 4 is 34.7 Å². The molecule has 1 saturated heterocycles. The molecule has 3 amide bonds. The highest BCUT2D eigenvalue weighted by Crippen LogP contribution is 2.31. The number of nitrogens with one attached hydrogen (secondary N) is 1. The fraction of sp³-hybridized carbons (Fsp3) is 0.190. The molecule has 0 saturated carbocycles. The van der Waals surface area contributed by atoms with E-state index in [9.17, 15) is 14.4 Å². The molecule has 0 aliphatic carbocycles. The summed E-state index contributed by atoms with van der Waals surface area (Å²) in [6.07, 6.45) is 1.44. The van der Waals surface area contributed by atoms with Crippen molar-refractivity contribution in [2.24, 2.45) is 0 Å². The van der Waals surface area contributed by atoms with E-state index in [0.717, 1.165) is 11.1 Å². The van der Waals surface area contributed by atoms with Crippen LogP contribution in [0.5, 0.6) is 0 Å². The van der Waals surface area contributed by atoms with Gasteiger partial charge in [-0.25, -0.2) is 0 Å². The van der Waals surface area contributed by atoms with Crippen LogP contribution in [0.15, 0.2) is 57.8 Å². The second kappa shape index (κ2) is 6.89. The predicted octanol–water partition coefficient (Wildman–Crippen LogP) is 2.93. The Hall–Kier alpha value is -3.39. The largest absolute Gasteiger partial charge is 0.459 e. The maximum atomic E-state index is 13.3. The maximum Gasteiger partial charge on any atom is 0.289 e. The van der Waals surface area contributed by atoms with E-state index in [1.165, 1.54) is 6.26 Å². The molecule has 5 rings (SSSR count). The van der Waals surface area contributed by atoms with Crippen molar-refractivity contribution in [2.75, 3.05) is 25.0 Å². The van der Waals surface area contributed by atoms with Gasteiger partial charge in [-0.05, 0) is 52.2 Å². The lowest BCUT2D eigenvalue weighted by Crippen LogP contribution is -2.59. The van der Waals surface area contributed by atoms with Gasteiger partial charge in [0.2, 0.25) is 5.91 Å². The van der Waals surface area contributed by atoms with Crippen LogP contribution in [0.4, 0.5) is 5.69 Å². The number of piperazine rings is 1. The van der Waals surface area contributed by atoms with Gasteiger partial charge in [0.05, 0.1) is 24.1 Å². The lowest BCUT2D eigenvalue weighted by Gasteiger charge is -2.38. The van der Waals surface area contributed by atoms with Gasteiger partial charge in [0, 0.05) is 13.1 Å². The summed E-state index contributed by atoms with van der Waals surface area (Å²) in [5, 5.41) is 6.86. The summed E-state index contributed by atoms with van der Waals surface area (Å²) in [4.78, 5) is 41.8. The molecule has 29 heavy (non-hydrogen) atoms. The van der Waals surface area contributed by atoms with Gasteiger partial charge in [0.1, 0.15) is 6.04 Å². The minimum atomic E-state index is -0.743. The summed E-state index contributed by atoms with van der Waals surface area (Å²) in [5.74, 6) is -0.554. The minimum absolute atomic E-state index is 0.127. The van der Waals surface area contributed by atoms with Crippen molar-refractivity contribution in [1.82, 2.24) is 9.80 Å². The zero-order valence-corrected chi connectivity index (χ0v) is 16.1. The van der Waals surface area contributed by atoms with Gasteiger partial charge < -0.3 is 19.5 Å². The van der Waals surface area contributed by atoms with Crippen LogP contribution in [0.1, 0.15) is 20.9 Å². The van der Waals surface area contributed by atoms with Crippen LogP contribution in [-0.4, -0.2) is 53.2 Å². The van der Waals surface area contributed by atoms with Gasteiger partial charge in [0.15, 0.2) is 5.76 Å². The van der Waals surface area contributed by atoms with E-state index in [-0.39, 0.29) is 36.6 Å². The van der Waals surface area contributed by atoms with Crippen molar-refractivity contribution in [1.29, 1.82) is 0 Å². The topological polar surface area (TPSA) is 82.9 Å². The molecule has 0 bridgehead atoms. The summed E-state index contributed by atoms with van der Waals surface area (Å²) in [5.41, 5.74) is 2.93. The Morgan fingerprint density at radius 1 is 1.14 bits per heavy atom. The predicted molar refractivity (Wildman–Crippen MR) is 108 cm³/mol. The number of hydrogen-bond acceptors (Lipinski definition) is 5. The third-order valence-corrected chi connectivity index (χ3v) is 6.01. The number of anilines is 1. The molecule has 2 aliphatic heterocycles. The van der Waals surface area contributed by atoms with E-state index in [2.05, 4.69) is 5.32 Å². The molecule has 1 aromatic carbocycles. The number of carbonyl (C=O) groups excluding carboxylic acids is 3. The van der Waals surface area contributed by atoms with Gasteiger partial charge in [-0.15, -0.1) is 0 Å². The smallest absolute Gasteiger partial charge is 0.289 e. The standard InChI is InChI=1S/C21H17N3O4S/c25-19-17-11-23(21(27)18-2-1-8-28-18)6-7-24(17)20(26)15-10-13(3-4-16(15)22-19)14-5-9-29-12-14/h1-5,8-10,12,17H,6-7,11H2,(H,22,25). The second-order valence-electron chi connectivity index (χ2n) is 7.00. The Balaban J connectivity index is 1.45. The number of nitrogens with zero attached hydrogens (tertiary/aromatic N) is 2. The number of amides is 3. The van der Waals surface area contributed by atoms with Gasteiger partial charge in [0.25, 0.3) is 11.8 Å². The monoisotopic (exact) mass is 407 g/mol. The number of carbonyl (C=O) groups is 3. The number of hydrogen-bond donors (Lipinski definition) is 1. The Morgan fingerprint density at radius 2 is 2.03 bits per heavy atom. The average Bonchev–Trinajstić information content (AvgIpc) is 3.45. The molecule has 146 valence electrons. The average molecular weight is 407 g/mol. The highest BCUT2D eigenvalue weighted by Gasteiger charge is 2.40. The van der Waals surface area contributed by atoms with E-state index in [1.807, 2.05) is 29.0 Å². The summed E-state index contributed by atoms with van der Waals surface area (Å²) in [6, 6.07) is 9.97. The summed E-state index contributed by atoms with van der Waals surface area (Å²) in [7, 11) is 0. The van der Waals surface area contributed by atoms with E-state index >= 15 is 0 Å². The zero-order chi connectivity index (χ0) is 20.0. The van der Waals surface area contributed by atoms with Crippen LogP contribution in [0, 0.1) is 0 Å². The van der Waals surface area contributed by atoms with Crippen LogP contribution in [0.3, 0.4) is 0 Å². The summed E-state index contributed by atoms with van der Waals surface area (Å²) >= 11 is 1.59. The highest BCUT2D eigenvalue weighted by atomic mass is 32.1. The molecular formula is C21H17N3O4S.